The second-order valence-electron chi connectivity index (χ2n) is 27.1. The van der Waals surface area contributed by atoms with Crippen LogP contribution in [0.15, 0.2) is 92.6 Å². The topological polar surface area (TPSA) is 312 Å². The van der Waals surface area contributed by atoms with E-state index in [9.17, 15) is 24.6 Å². The lowest BCUT2D eigenvalue weighted by molar-refractivity contribution is -0.162. The van der Waals surface area contributed by atoms with E-state index in [1.807, 2.05) is 49.0 Å². The van der Waals surface area contributed by atoms with Crippen molar-refractivity contribution in [2.45, 2.75) is 144 Å². The molecule has 6 aromatic heterocycles. The molecule has 3 aliphatic heterocycles. The highest BCUT2D eigenvalue weighted by Gasteiger charge is 2.56. The zero-order valence-corrected chi connectivity index (χ0v) is 56.4. The Labute approximate surface area is 578 Å². The molecule has 9 aromatic rings. The number of ketones is 2. The number of aliphatic hydroxyl groups excluding tert-OH is 2. The number of rotatable bonds is 11. The van der Waals surface area contributed by atoms with Crippen LogP contribution < -0.4 is 5.32 Å². The van der Waals surface area contributed by atoms with Crippen molar-refractivity contribution >= 4 is 85.3 Å². The molecule has 2 unspecified atom stereocenters. The van der Waals surface area contributed by atoms with Gasteiger partial charge in [-0.2, -0.15) is 0 Å². The number of imidazole rings is 3. The Kier molecular flexibility index (Phi) is 18.4. The van der Waals surface area contributed by atoms with Gasteiger partial charge in [-0.05, 0) is 80.8 Å². The number of hydrogen-bond acceptors (Lipinski definition) is 21. The van der Waals surface area contributed by atoms with E-state index in [1.165, 1.54) is 19.0 Å². The molecule has 0 bridgehead atoms. The van der Waals surface area contributed by atoms with Gasteiger partial charge < -0.3 is 62.4 Å². The summed E-state index contributed by atoms with van der Waals surface area (Å²) in [5.74, 6) is -2.09. The van der Waals surface area contributed by atoms with Crippen LogP contribution in [0.2, 0.25) is 5.15 Å². The van der Waals surface area contributed by atoms with Crippen LogP contribution in [0.1, 0.15) is 116 Å². The molecule has 100 heavy (non-hydrogen) atoms. The fourth-order valence-electron chi connectivity index (χ4n) is 15.9. The third kappa shape index (κ3) is 12.4. The van der Waals surface area contributed by atoms with Crippen LogP contribution in [-0.4, -0.2) is 176 Å². The second-order valence-corrected chi connectivity index (χ2v) is 27.5. The number of benzene rings is 3. The van der Waals surface area contributed by atoms with E-state index in [4.69, 9.17) is 64.5 Å². The molecule has 0 spiro atoms. The lowest BCUT2D eigenvalue weighted by atomic mass is 9.95. The standard InChI is InChI=1S/C25H25N5O4.C22H21N5O4.C15H19ClN4O3.C9H6N2O/c1-25(2)33-22-14(10-32-4)7-17(23(22)34-25)30-12-29-21-20(27-11-28-24(21)30)19-16-9-15(26-3)6-5-13(16)8-18(19)31;1-23-13-4-3-11-6-16(28)17(14(11)7-13)18-19-22(25-9-24-18)27(10-26-19)15-5-12(8-31-2)20(29)21(15)30;1-15(2)22-11-8(5-21-3)4-9(12(11)23-15)20-7-19-10-13(16)17-6-18-14(10)20;1-10-7-2-3-8-6(4-7)5-9(12)11-8/h5-6,9,11-12,14,17,19,22-23H,7-8,10H2,1-2,4H3;3-4,7,9-10,12,15,17,20-21,29-30H,5-6,8H2,2H3;6-9,11-12H,4-5H2,1-3H3;2-4H,5H2,(H,11,12)/t14-,17-,19?,22-,23+;12-,15-,17?,20-,21+;8-,9-,11-,12+;/m111./s1. The van der Waals surface area contributed by atoms with Crippen molar-refractivity contribution in [1.29, 1.82) is 0 Å². The van der Waals surface area contributed by atoms with E-state index in [-0.39, 0.29) is 78.1 Å². The van der Waals surface area contributed by atoms with Gasteiger partial charge >= 0.3 is 0 Å². The van der Waals surface area contributed by atoms with Crippen LogP contribution in [0.25, 0.3) is 48.0 Å². The van der Waals surface area contributed by atoms with Crippen molar-refractivity contribution in [3.63, 3.8) is 0 Å². The summed E-state index contributed by atoms with van der Waals surface area (Å²) in [6, 6.07) is 15.6. The van der Waals surface area contributed by atoms with E-state index in [2.05, 4.69) is 64.7 Å². The Hall–Kier alpha value is -9.48. The lowest BCUT2D eigenvalue weighted by Gasteiger charge is -2.24. The molecule has 1 amide bonds. The monoisotopic (exact) mass is 1370 g/mol. The highest BCUT2D eigenvalue weighted by molar-refractivity contribution is 6.33. The minimum absolute atomic E-state index is 0.00293. The molecule has 2 saturated heterocycles. The van der Waals surface area contributed by atoms with E-state index >= 15 is 0 Å². The van der Waals surface area contributed by atoms with Gasteiger partial charge in [-0.1, -0.05) is 60.1 Å². The van der Waals surface area contributed by atoms with Gasteiger partial charge in [0, 0.05) is 57.6 Å². The molecule has 17 rings (SSSR count). The van der Waals surface area contributed by atoms with E-state index in [1.54, 1.807) is 87.3 Å². The number of aliphatic hydroxyl groups is 2. The second kappa shape index (κ2) is 27.2. The van der Waals surface area contributed by atoms with Crippen molar-refractivity contribution in [3.05, 3.63) is 171 Å². The molecular weight excluding hydrogens is 1300 g/mol. The molecule has 3 aromatic carbocycles. The summed E-state index contributed by atoms with van der Waals surface area (Å²) in [5.41, 5.74) is 11.5. The van der Waals surface area contributed by atoms with Crippen molar-refractivity contribution < 1.29 is 57.8 Å². The number of carbonyl (C=O) groups excluding carboxylic acids is 3. The Morgan fingerprint density at radius 1 is 0.520 bits per heavy atom. The Balaban J connectivity index is 0.000000119. The van der Waals surface area contributed by atoms with Gasteiger partial charge in [0.25, 0.3) is 0 Å². The molecule has 3 N–H and O–H groups in total. The van der Waals surface area contributed by atoms with E-state index in [0.29, 0.717) is 101 Å². The summed E-state index contributed by atoms with van der Waals surface area (Å²) in [4.78, 5) is 86.8. The average Bonchev–Trinajstić information content (AvgIpc) is 1.54. The van der Waals surface area contributed by atoms with Gasteiger partial charge in [-0.25, -0.2) is 59.4 Å². The normalized spacial score (nSPS) is 27.6. The minimum atomic E-state index is -0.981. The number of nitrogens with zero attached hydrogens (tertiary/aromatic N) is 15. The first kappa shape index (κ1) is 67.7. The molecule has 5 fully saturated rings. The summed E-state index contributed by atoms with van der Waals surface area (Å²) in [6.45, 7) is 30.7. The van der Waals surface area contributed by atoms with Gasteiger partial charge in [-0.15, -0.1) is 0 Å². The molecule has 28 nitrogen and oxygen atoms in total. The van der Waals surface area contributed by atoms with Crippen molar-refractivity contribution in [2.75, 3.05) is 46.5 Å². The predicted molar refractivity (Wildman–Crippen MR) is 359 cm³/mol. The zero-order chi connectivity index (χ0) is 70.1. The number of anilines is 1. The first-order chi connectivity index (χ1) is 48.2. The SMILES string of the molecule is COC[C@H]1C[C@@H](n2cnc3c(Cl)ncnc32)[C@@H]2OC(C)(C)O[C@H]12.[C-]#[N+]c1ccc2c(c1)C(c1ncnc3c1ncn3[C@@H]1C[C@H](COC)[C@@H](O)[C@H]1O)C(=O)C2.[C-]#[N+]c1ccc2c(c1)C(c1ncnc3c1ncn3[C@@H]1C[C@H](COC)[C@H]3OC(C)(C)O[C@H]31)C(=O)C2.[C-]#[N+]c1ccc2c(c1)CC(=O)N2. The lowest BCUT2D eigenvalue weighted by Crippen LogP contribution is -2.30. The number of halogens is 1. The Morgan fingerprint density at radius 2 is 0.940 bits per heavy atom. The molecule has 3 saturated carbocycles. The molecule has 8 aliphatic rings. The van der Waals surface area contributed by atoms with Crippen LogP contribution in [-0.2, 0) is 66.8 Å². The average molecular weight is 1380 g/mol. The largest absolute Gasteiger partial charge is 0.390 e. The molecule has 5 aliphatic carbocycles. The van der Waals surface area contributed by atoms with Gasteiger partial charge in [0.2, 0.25) is 5.91 Å². The van der Waals surface area contributed by atoms with Gasteiger partial charge in [0.05, 0.1) is 125 Å². The third-order valence-electron chi connectivity index (χ3n) is 20.1. The highest BCUT2D eigenvalue weighted by Crippen LogP contribution is 2.50. The number of hydrogen-bond donors (Lipinski definition) is 3. The number of Topliss-reactive ketones (excluding diaryl/α,β-unsaturated/α-hetero) is 2. The summed E-state index contributed by atoms with van der Waals surface area (Å²) >= 11 is 6.11. The number of nitrogens with one attached hydrogen (secondary N) is 1. The van der Waals surface area contributed by atoms with Gasteiger partial charge in [-0.3, -0.25) is 14.4 Å². The van der Waals surface area contributed by atoms with Crippen LogP contribution >= 0.6 is 11.6 Å². The van der Waals surface area contributed by atoms with Crippen molar-refractivity contribution in [1.82, 2.24) is 58.6 Å². The highest BCUT2D eigenvalue weighted by atomic mass is 35.5. The van der Waals surface area contributed by atoms with Gasteiger partial charge in [0.15, 0.2) is 62.3 Å². The summed E-state index contributed by atoms with van der Waals surface area (Å²) < 4.78 is 46.6. The molecule has 14 atom stereocenters. The van der Waals surface area contributed by atoms with Crippen molar-refractivity contribution in [2.24, 2.45) is 17.8 Å². The van der Waals surface area contributed by atoms with Crippen LogP contribution in [0.5, 0.6) is 0 Å². The fourth-order valence-corrected chi connectivity index (χ4v) is 16.0. The van der Waals surface area contributed by atoms with Crippen LogP contribution in [0.4, 0.5) is 22.7 Å². The number of methoxy groups -OCH3 is 3. The minimum Gasteiger partial charge on any atom is -0.390 e. The number of carbonyl (C=O) groups is 3. The Bertz CT molecular complexity index is 4820. The summed E-state index contributed by atoms with van der Waals surface area (Å²) in [5, 5.41) is 24.1. The predicted octanol–water partition coefficient (Wildman–Crippen LogP) is 8.86. The fraction of sp³-hybridized carbons (Fsp3) is 0.451. The van der Waals surface area contributed by atoms with E-state index in [0.717, 1.165) is 52.0 Å². The number of amides is 1. The maximum atomic E-state index is 13.1. The van der Waals surface area contributed by atoms with Crippen LogP contribution in [0.3, 0.4) is 0 Å². The number of fused-ring (bicyclic) bond motifs is 8. The Morgan fingerprint density at radius 3 is 1.43 bits per heavy atom. The smallest absolute Gasteiger partial charge is 0.228 e. The molecule has 29 heteroatoms. The molecule has 0 radical (unpaired) electrons. The molecule has 9 heterocycles. The number of ether oxygens (including phenoxy) is 7. The maximum Gasteiger partial charge on any atom is 0.228 e. The third-order valence-corrected chi connectivity index (χ3v) is 20.4. The van der Waals surface area contributed by atoms with Gasteiger partial charge in [0.1, 0.15) is 53.8 Å². The summed E-state index contributed by atoms with van der Waals surface area (Å²) in [6.07, 6.45) is 10.5. The van der Waals surface area contributed by atoms with E-state index < -0.39 is 41.7 Å². The number of aromatic nitrogens is 12. The van der Waals surface area contributed by atoms with Crippen LogP contribution in [0, 0.1) is 37.5 Å². The maximum absolute atomic E-state index is 13.1. The summed E-state index contributed by atoms with van der Waals surface area (Å²) in [7, 11) is 4.97. The van der Waals surface area contributed by atoms with Crippen molar-refractivity contribution in [3.8, 4) is 0 Å². The molecular formula is C71H71ClN16O12. The zero-order valence-electron chi connectivity index (χ0n) is 55.7. The molecule has 514 valence electrons. The quantitative estimate of drug-likeness (QED) is 0.0804. The first-order valence-electron chi connectivity index (χ1n) is 32.8. The first-order valence-corrected chi connectivity index (χ1v) is 33.2.